The van der Waals surface area contributed by atoms with Crippen LogP contribution in [0.3, 0.4) is 0 Å². The molecule has 0 aromatic heterocycles. The Balaban J connectivity index is 0.000000542. The van der Waals surface area contributed by atoms with Crippen LogP contribution in [0.1, 0.15) is 39.5 Å². The van der Waals surface area contributed by atoms with Gasteiger partial charge in [0, 0.05) is 0 Å². The summed E-state index contributed by atoms with van der Waals surface area (Å²) in [6.45, 7) is 4.25. The second kappa shape index (κ2) is 9.98. The van der Waals surface area contributed by atoms with Crippen molar-refractivity contribution in [2.75, 3.05) is 0 Å². The molecule has 108 valence electrons. The van der Waals surface area contributed by atoms with Gasteiger partial charge in [0.1, 0.15) is 0 Å². The van der Waals surface area contributed by atoms with Crippen molar-refractivity contribution in [2.45, 2.75) is 39.5 Å². The average Bonchev–Trinajstić information content (AvgIpc) is 2.96. The molecule has 0 spiro atoms. The number of hydrogen-bond donors (Lipinski definition) is 0. The van der Waals surface area contributed by atoms with Gasteiger partial charge in [-0.05, 0) is 18.8 Å². The molecule has 3 aliphatic carbocycles. The summed E-state index contributed by atoms with van der Waals surface area (Å²) >= 11 is 1.55. The van der Waals surface area contributed by atoms with Crippen molar-refractivity contribution >= 4 is 3.21 Å². The van der Waals surface area contributed by atoms with Crippen LogP contribution in [0.5, 0.6) is 0 Å². The van der Waals surface area contributed by atoms with Crippen LogP contribution >= 0.6 is 0 Å². The monoisotopic (exact) mass is 385 g/mol. The van der Waals surface area contributed by atoms with E-state index in [4.69, 9.17) is 0 Å². The molecule has 0 bridgehead atoms. The van der Waals surface area contributed by atoms with Gasteiger partial charge < -0.3 is 24.8 Å². The number of rotatable bonds is 1. The molecule has 0 amide bonds. The molecular weight excluding hydrogens is 366 g/mol. The Morgan fingerprint density at radius 1 is 1.15 bits per heavy atom. The van der Waals surface area contributed by atoms with E-state index in [1.807, 2.05) is 0 Å². The Morgan fingerprint density at radius 2 is 1.80 bits per heavy atom. The summed E-state index contributed by atoms with van der Waals surface area (Å²) in [6, 6.07) is 0. The van der Waals surface area contributed by atoms with Crippen LogP contribution in [0, 0.1) is 11.8 Å². The van der Waals surface area contributed by atoms with E-state index in [2.05, 4.69) is 50.3 Å². The molecule has 0 aliphatic heterocycles. The quantitative estimate of drug-likeness (QED) is 0.481. The maximum Gasteiger partial charge on any atom is -1.00 e. The molecule has 0 radical (unpaired) electrons. The predicted molar refractivity (Wildman–Crippen MR) is 76.0 cm³/mol. The molecule has 0 saturated heterocycles. The maximum atomic E-state index is 2.33. The van der Waals surface area contributed by atoms with Crippen LogP contribution in [0.15, 0.2) is 47.6 Å². The van der Waals surface area contributed by atoms with Crippen molar-refractivity contribution < 1.29 is 49.0 Å². The Kier molecular flexibility index (Phi) is 10.1. The summed E-state index contributed by atoms with van der Waals surface area (Å²) in [5.41, 5.74) is 3.19. The van der Waals surface area contributed by atoms with Gasteiger partial charge in [-0.15, -0.1) is 29.2 Å². The van der Waals surface area contributed by atoms with Crippen LogP contribution in [-0.2, 0) is 24.2 Å². The zero-order chi connectivity index (χ0) is 13.0. The van der Waals surface area contributed by atoms with Gasteiger partial charge in [-0.2, -0.15) is 12.2 Å². The third-order valence-electron chi connectivity index (χ3n) is 3.52. The summed E-state index contributed by atoms with van der Waals surface area (Å²) in [5, 5.41) is 0. The summed E-state index contributed by atoms with van der Waals surface area (Å²) in [7, 11) is 0. The van der Waals surface area contributed by atoms with E-state index < -0.39 is 0 Å². The first kappa shape index (κ1) is 20.2. The fourth-order valence-corrected chi connectivity index (χ4v) is 2.78. The molecule has 0 aromatic rings. The van der Waals surface area contributed by atoms with E-state index >= 15 is 0 Å². The second-order valence-electron chi connectivity index (χ2n) is 5.32. The largest absolute Gasteiger partial charge is 1.00 e. The fourth-order valence-electron chi connectivity index (χ4n) is 2.78. The minimum Gasteiger partial charge on any atom is -1.00 e. The maximum absolute atomic E-state index is 2.33. The smallest absolute Gasteiger partial charge is 1.00 e. The zero-order valence-corrected chi connectivity index (χ0v) is 16.1. The molecule has 0 nitrogen and oxygen atoms in total. The van der Waals surface area contributed by atoms with Crippen molar-refractivity contribution in [1.29, 1.82) is 0 Å². The molecule has 0 aromatic carbocycles. The van der Waals surface area contributed by atoms with Crippen LogP contribution < -0.4 is 24.8 Å². The van der Waals surface area contributed by atoms with Gasteiger partial charge in [-0.1, -0.05) is 25.0 Å². The second-order valence-corrected chi connectivity index (χ2v) is 7.78. The van der Waals surface area contributed by atoms with Crippen molar-refractivity contribution in [1.82, 2.24) is 0 Å². The van der Waals surface area contributed by atoms with Gasteiger partial charge in [-0.3, -0.25) is 0 Å². The molecule has 0 N–H and O–H groups in total. The topological polar surface area (TPSA) is 0 Å². The van der Waals surface area contributed by atoms with Crippen LogP contribution in [0.2, 0.25) is 0 Å². The molecule has 3 heteroatoms. The fraction of sp³-hybridized carbons (Fsp3) is 0.412. The third kappa shape index (κ3) is 5.51. The van der Waals surface area contributed by atoms with E-state index in [1.165, 1.54) is 22.5 Å². The summed E-state index contributed by atoms with van der Waals surface area (Å²) in [4.78, 5) is 0. The number of halogens is 2. The minimum atomic E-state index is 0. The molecule has 1 saturated carbocycles. The first-order valence-electron chi connectivity index (χ1n) is 6.79. The molecule has 1 fully saturated rings. The average molecular weight is 387 g/mol. The standard InChI is InChI=1S/C14H15.C3H6.2ClH.Zr/c1-2-6-11(5-1)14-10-9-12-7-3-4-8-13(12)14;1-3-2;;;/h1-5,8,12H,6-7,9-10H2;1-2H3;2*1H;/q-1;;;;+2/p-2. The first-order chi connectivity index (χ1) is 8.68. The summed E-state index contributed by atoms with van der Waals surface area (Å²) in [5.74, 6) is 2.47. The van der Waals surface area contributed by atoms with Crippen molar-refractivity contribution in [3.63, 3.8) is 0 Å². The molecule has 3 aliphatic rings. The SMILES string of the molecule is C1=CCC([C-]2CCC3CC=CC=C23)=C1.C[C](C)=[Zr+2].[Cl-].[Cl-]. The number of fused-ring (bicyclic) bond motifs is 1. The first-order valence-corrected chi connectivity index (χ1v) is 8.02. The molecular formula is C17H21Cl2Zr-. The Morgan fingerprint density at radius 3 is 2.40 bits per heavy atom. The van der Waals surface area contributed by atoms with E-state index in [0.29, 0.717) is 0 Å². The van der Waals surface area contributed by atoms with Crippen molar-refractivity contribution in [3.05, 3.63) is 53.5 Å². The molecule has 1 atom stereocenters. The van der Waals surface area contributed by atoms with Crippen molar-refractivity contribution in [3.8, 4) is 0 Å². The van der Waals surface area contributed by atoms with Crippen molar-refractivity contribution in [2.24, 2.45) is 5.92 Å². The molecule has 3 rings (SSSR count). The normalized spacial score (nSPS) is 21.8. The van der Waals surface area contributed by atoms with Gasteiger partial charge >= 0.3 is 41.3 Å². The van der Waals surface area contributed by atoms with Gasteiger partial charge in [0.15, 0.2) is 0 Å². The number of hydrogen-bond acceptors (Lipinski definition) is 0. The van der Waals surface area contributed by atoms with E-state index in [0.717, 1.165) is 12.3 Å². The predicted octanol–water partition coefficient (Wildman–Crippen LogP) is -1.50. The molecule has 20 heavy (non-hydrogen) atoms. The van der Waals surface area contributed by atoms with Gasteiger partial charge in [0.2, 0.25) is 0 Å². The van der Waals surface area contributed by atoms with Gasteiger partial charge in [0.05, 0.1) is 0 Å². The van der Waals surface area contributed by atoms with Crippen LogP contribution in [-0.4, -0.2) is 3.21 Å². The van der Waals surface area contributed by atoms with E-state index in [-0.39, 0.29) is 24.8 Å². The van der Waals surface area contributed by atoms with E-state index in [1.54, 1.807) is 41.3 Å². The third-order valence-corrected chi connectivity index (χ3v) is 3.52. The Hall–Kier alpha value is 0.163. The van der Waals surface area contributed by atoms with Gasteiger partial charge in [-0.25, -0.2) is 0 Å². The van der Waals surface area contributed by atoms with Crippen LogP contribution in [0.4, 0.5) is 0 Å². The van der Waals surface area contributed by atoms with Crippen LogP contribution in [0.25, 0.3) is 0 Å². The molecule has 1 unspecified atom stereocenters. The Labute approximate surface area is 150 Å². The summed E-state index contributed by atoms with van der Waals surface area (Å²) in [6.07, 6.45) is 18.7. The summed E-state index contributed by atoms with van der Waals surface area (Å²) < 4.78 is 1.51. The van der Waals surface area contributed by atoms with E-state index in [9.17, 15) is 0 Å². The molecule has 0 heterocycles. The van der Waals surface area contributed by atoms with Gasteiger partial charge in [0.25, 0.3) is 0 Å². The minimum absolute atomic E-state index is 0. The Bertz CT molecular complexity index is 440. The zero-order valence-electron chi connectivity index (χ0n) is 12.1. The number of allylic oxidation sites excluding steroid dienone is 8.